The van der Waals surface area contributed by atoms with E-state index in [-0.39, 0.29) is 10.8 Å². The molecule has 126 valence electrons. The molecule has 1 rings (SSSR count). The molecule has 0 amide bonds. The predicted molar refractivity (Wildman–Crippen MR) is 101 cm³/mol. The molecule has 0 fully saturated rings. The van der Waals surface area contributed by atoms with E-state index in [4.69, 9.17) is 0 Å². The maximum absolute atomic E-state index is 4.16. The van der Waals surface area contributed by atoms with Gasteiger partial charge in [0.05, 0.1) is 0 Å². The van der Waals surface area contributed by atoms with Crippen molar-refractivity contribution in [1.29, 1.82) is 0 Å². The SMILES string of the molecule is C=C(CC(C)(C)C)NCc1cc(C)ccc1C(C)(C)C.CC. The fourth-order valence-electron chi connectivity index (χ4n) is 2.52. The molecule has 0 radical (unpaired) electrons. The van der Waals surface area contributed by atoms with Crippen molar-refractivity contribution < 1.29 is 0 Å². The maximum Gasteiger partial charge on any atom is 0.0400 e. The monoisotopic (exact) mass is 303 g/mol. The van der Waals surface area contributed by atoms with Gasteiger partial charge in [0.25, 0.3) is 0 Å². The predicted octanol–water partition coefficient (Wildman–Crippen LogP) is 6.36. The largest absolute Gasteiger partial charge is 0.385 e. The first-order valence-electron chi connectivity index (χ1n) is 8.51. The van der Waals surface area contributed by atoms with Crippen LogP contribution < -0.4 is 5.32 Å². The first-order chi connectivity index (χ1) is 9.99. The molecule has 1 aromatic rings. The van der Waals surface area contributed by atoms with Crippen LogP contribution in [0.2, 0.25) is 0 Å². The van der Waals surface area contributed by atoms with Crippen LogP contribution in [0, 0.1) is 12.3 Å². The van der Waals surface area contributed by atoms with E-state index < -0.39 is 0 Å². The van der Waals surface area contributed by atoms with Gasteiger partial charge in [-0.1, -0.05) is 85.7 Å². The number of nitrogens with one attached hydrogen (secondary N) is 1. The Morgan fingerprint density at radius 1 is 1.05 bits per heavy atom. The number of hydrogen-bond donors (Lipinski definition) is 1. The lowest BCUT2D eigenvalue weighted by atomic mass is 9.83. The normalized spacial score (nSPS) is 11.5. The number of benzene rings is 1. The second-order valence-corrected chi connectivity index (χ2v) is 8.11. The average Bonchev–Trinajstić information content (AvgIpc) is 2.35. The van der Waals surface area contributed by atoms with Crippen molar-refractivity contribution in [2.45, 2.75) is 80.7 Å². The molecule has 1 nitrogen and oxygen atoms in total. The van der Waals surface area contributed by atoms with E-state index in [0.29, 0.717) is 0 Å². The molecule has 0 atom stereocenters. The Hall–Kier alpha value is -1.24. The lowest BCUT2D eigenvalue weighted by Gasteiger charge is -2.25. The second-order valence-electron chi connectivity index (χ2n) is 8.11. The Morgan fingerprint density at radius 3 is 2.05 bits per heavy atom. The van der Waals surface area contributed by atoms with E-state index in [1.165, 1.54) is 16.7 Å². The minimum absolute atomic E-state index is 0.177. The smallest absolute Gasteiger partial charge is 0.0400 e. The summed E-state index contributed by atoms with van der Waals surface area (Å²) < 4.78 is 0. The van der Waals surface area contributed by atoms with Crippen molar-refractivity contribution in [3.63, 3.8) is 0 Å². The summed E-state index contributed by atoms with van der Waals surface area (Å²) in [5.41, 5.74) is 5.70. The highest BCUT2D eigenvalue weighted by Gasteiger charge is 2.18. The van der Waals surface area contributed by atoms with Crippen LogP contribution >= 0.6 is 0 Å². The van der Waals surface area contributed by atoms with E-state index >= 15 is 0 Å². The van der Waals surface area contributed by atoms with Crippen molar-refractivity contribution in [3.05, 3.63) is 47.2 Å². The topological polar surface area (TPSA) is 12.0 Å². The summed E-state index contributed by atoms with van der Waals surface area (Å²) in [7, 11) is 0. The molecule has 0 aliphatic heterocycles. The van der Waals surface area contributed by atoms with Gasteiger partial charge in [-0.2, -0.15) is 0 Å². The van der Waals surface area contributed by atoms with E-state index in [0.717, 1.165) is 18.7 Å². The molecule has 0 unspecified atom stereocenters. The summed E-state index contributed by atoms with van der Waals surface area (Å²) in [5.74, 6) is 0. The van der Waals surface area contributed by atoms with Gasteiger partial charge in [-0.25, -0.2) is 0 Å². The second kappa shape index (κ2) is 8.41. The third-order valence-electron chi connectivity index (χ3n) is 3.34. The lowest BCUT2D eigenvalue weighted by Crippen LogP contribution is -2.21. The van der Waals surface area contributed by atoms with Crippen LogP contribution in [0.25, 0.3) is 0 Å². The van der Waals surface area contributed by atoms with E-state index in [2.05, 4.69) is 78.6 Å². The molecule has 0 bridgehead atoms. The van der Waals surface area contributed by atoms with Crippen LogP contribution in [-0.2, 0) is 12.0 Å². The van der Waals surface area contributed by atoms with Crippen molar-refractivity contribution in [2.75, 3.05) is 0 Å². The number of allylic oxidation sites excluding steroid dienone is 1. The zero-order valence-electron chi connectivity index (χ0n) is 16.4. The van der Waals surface area contributed by atoms with E-state index in [1.807, 2.05) is 13.8 Å². The Kier molecular flexibility index (Phi) is 7.93. The van der Waals surface area contributed by atoms with Gasteiger partial charge in [-0.15, -0.1) is 0 Å². The van der Waals surface area contributed by atoms with Crippen LogP contribution in [0.3, 0.4) is 0 Å². The summed E-state index contributed by atoms with van der Waals surface area (Å²) >= 11 is 0. The Balaban J connectivity index is 0.00000211. The summed E-state index contributed by atoms with van der Waals surface area (Å²) in [6.07, 6.45) is 1.00. The van der Waals surface area contributed by atoms with E-state index in [1.54, 1.807) is 0 Å². The number of rotatable bonds is 4. The summed E-state index contributed by atoms with van der Waals surface area (Å²) in [6.45, 7) is 24.7. The highest BCUT2D eigenvalue weighted by molar-refractivity contribution is 5.36. The van der Waals surface area contributed by atoms with Crippen LogP contribution in [0.15, 0.2) is 30.5 Å². The van der Waals surface area contributed by atoms with Crippen LogP contribution in [0.1, 0.15) is 78.5 Å². The van der Waals surface area contributed by atoms with Crippen LogP contribution in [-0.4, -0.2) is 0 Å². The summed E-state index contributed by atoms with van der Waals surface area (Å²) in [4.78, 5) is 0. The molecule has 0 saturated carbocycles. The quantitative estimate of drug-likeness (QED) is 0.682. The molecule has 0 spiro atoms. The molecule has 0 aliphatic rings. The molecule has 22 heavy (non-hydrogen) atoms. The maximum atomic E-state index is 4.16. The molecular formula is C21H37N. The minimum Gasteiger partial charge on any atom is -0.385 e. The highest BCUT2D eigenvalue weighted by atomic mass is 14.9. The molecule has 1 N–H and O–H groups in total. The minimum atomic E-state index is 0.177. The van der Waals surface area contributed by atoms with E-state index in [9.17, 15) is 0 Å². The van der Waals surface area contributed by atoms with Gasteiger partial charge < -0.3 is 5.32 Å². The zero-order chi connectivity index (χ0) is 17.6. The van der Waals surface area contributed by atoms with Gasteiger partial charge >= 0.3 is 0 Å². The molecule has 0 saturated heterocycles. The standard InChI is InChI=1S/C19H31N.C2H6/c1-14-9-10-17(19(6,7)8)16(11-14)13-20-15(2)12-18(3,4)5;1-2/h9-11,20H,2,12-13H2,1,3-8H3;1-2H3. The Bertz CT molecular complexity index is 470. The van der Waals surface area contributed by atoms with Crippen LogP contribution in [0.4, 0.5) is 0 Å². The van der Waals surface area contributed by atoms with Gasteiger partial charge in [0.1, 0.15) is 0 Å². The van der Waals surface area contributed by atoms with Gasteiger partial charge in [-0.05, 0) is 35.3 Å². The molecular weight excluding hydrogens is 266 g/mol. The first-order valence-corrected chi connectivity index (χ1v) is 8.51. The number of aryl methyl sites for hydroxylation is 1. The fraction of sp³-hybridized carbons (Fsp3) is 0.619. The third kappa shape index (κ3) is 7.68. The van der Waals surface area contributed by atoms with Crippen LogP contribution in [0.5, 0.6) is 0 Å². The van der Waals surface area contributed by atoms with Crippen molar-refractivity contribution in [1.82, 2.24) is 5.32 Å². The van der Waals surface area contributed by atoms with Gasteiger partial charge in [-0.3, -0.25) is 0 Å². The van der Waals surface area contributed by atoms with Crippen molar-refractivity contribution in [3.8, 4) is 0 Å². The van der Waals surface area contributed by atoms with Gasteiger partial charge in [0, 0.05) is 12.2 Å². The van der Waals surface area contributed by atoms with Crippen molar-refractivity contribution >= 4 is 0 Å². The fourth-order valence-corrected chi connectivity index (χ4v) is 2.52. The lowest BCUT2D eigenvalue weighted by molar-refractivity contribution is 0.398. The third-order valence-corrected chi connectivity index (χ3v) is 3.34. The summed E-state index contributed by atoms with van der Waals surface area (Å²) in [6, 6.07) is 6.75. The molecule has 0 heterocycles. The van der Waals surface area contributed by atoms with Crippen molar-refractivity contribution in [2.24, 2.45) is 5.41 Å². The van der Waals surface area contributed by atoms with Gasteiger partial charge in [0.15, 0.2) is 0 Å². The molecule has 0 aromatic heterocycles. The number of hydrogen-bond acceptors (Lipinski definition) is 1. The molecule has 0 aliphatic carbocycles. The summed E-state index contributed by atoms with van der Waals surface area (Å²) in [5, 5.41) is 3.50. The average molecular weight is 304 g/mol. The highest BCUT2D eigenvalue weighted by Crippen LogP contribution is 2.27. The Morgan fingerprint density at radius 2 is 1.59 bits per heavy atom. The zero-order valence-corrected chi connectivity index (χ0v) is 16.4. The Labute approximate surface area is 139 Å². The van der Waals surface area contributed by atoms with Gasteiger partial charge in [0.2, 0.25) is 0 Å². The molecule has 1 aromatic carbocycles. The first kappa shape index (κ1) is 20.8. The molecule has 1 heteroatoms.